The lowest BCUT2D eigenvalue weighted by Gasteiger charge is -2.13. The predicted octanol–water partition coefficient (Wildman–Crippen LogP) is 4.62. The lowest BCUT2D eigenvalue weighted by atomic mass is 9.95. The van der Waals surface area contributed by atoms with Gasteiger partial charge in [-0.2, -0.15) is 0 Å². The van der Waals surface area contributed by atoms with E-state index in [0.29, 0.717) is 0 Å². The van der Waals surface area contributed by atoms with Crippen LogP contribution in [0.2, 0.25) is 0 Å². The highest BCUT2D eigenvalue weighted by molar-refractivity contribution is 6.08. The van der Waals surface area contributed by atoms with Gasteiger partial charge in [-0.3, -0.25) is 4.98 Å². The number of fused-ring (bicyclic) bond motifs is 3. The Morgan fingerprint density at radius 1 is 0.889 bits per heavy atom. The Morgan fingerprint density at radius 2 is 1.61 bits per heavy atom. The Labute approximate surface area is 107 Å². The summed E-state index contributed by atoms with van der Waals surface area (Å²) in [6.07, 6.45) is 0. The molecular weight excluding hydrogens is 218 g/mol. The number of rotatable bonds is 0. The van der Waals surface area contributed by atoms with Gasteiger partial charge in [0, 0.05) is 16.5 Å². The molecular formula is C17H17N. The Balaban J connectivity index is 2.65. The summed E-state index contributed by atoms with van der Waals surface area (Å²) in [5, 5.41) is 3.85. The normalized spacial score (nSPS) is 11.3. The van der Waals surface area contributed by atoms with E-state index >= 15 is 0 Å². The number of aromatic nitrogens is 1. The van der Waals surface area contributed by atoms with Crippen LogP contribution in [-0.4, -0.2) is 4.98 Å². The zero-order chi connectivity index (χ0) is 12.9. The lowest BCUT2D eigenvalue weighted by molar-refractivity contribution is 1.17. The van der Waals surface area contributed by atoms with Crippen molar-refractivity contribution in [1.29, 1.82) is 0 Å². The topological polar surface area (TPSA) is 12.9 Å². The van der Waals surface area contributed by atoms with Crippen molar-refractivity contribution in [1.82, 2.24) is 4.98 Å². The van der Waals surface area contributed by atoms with Gasteiger partial charge in [0.25, 0.3) is 0 Å². The molecule has 0 aliphatic rings. The predicted molar refractivity (Wildman–Crippen MR) is 78.2 cm³/mol. The zero-order valence-electron chi connectivity index (χ0n) is 11.3. The van der Waals surface area contributed by atoms with Gasteiger partial charge >= 0.3 is 0 Å². The Bertz CT molecular complexity index is 770. The van der Waals surface area contributed by atoms with E-state index in [1.807, 2.05) is 0 Å². The first kappa shape index (κ1) is 11.2. The van der Waals surface area contributed by atoms with Crippen molar-refractivity contribution < 1.29 is 0 Å². The van der Waals surface area contributed by atoms with Crippen LogP contribution in [0.1, 0.15) is 22.4 Å². The number of aryl methyl sites for hydroxylation is 3. The highest BCUT2D eigenvalue weighted by atomic mass is 14.7. The summed E-state index contributed by atoms with van der Waals surface area (Å²) in [7, 11) is 0. The summed E-state index contributed by atoms with van der Waals surface area (Å²) in [4.78, 5) is 4.82. The summed E-state index contributed by atoms with van der Waals surface area (Å²) in [6.45, 7) is 8.64. The first-order chi connectivity index (χ1) is 8.59. The van der Waals surface area contributed by atoms with Crippen LogP contribution in [-0.2, 0) is 0 Å². The summed E-state index contributed by atoms with van der Waals surface area (Å²) in [5.41, 5.74) is 6.26. The number of hydrogen-bond donors (Lipinski definition) is 0. The molecule has 0 aliphatic heterocycles. The molecule has 0 aliphatic carbocycles. The summed E-state index contributed by atoms with van der Waals surface area (Å²) < 4.78 is 0. The highest BCUT2D eigenvalue weighted by Crippen LogP contribution is 2.31. The maximum atomic E-state index is 4.82. The molecule has 0 fully saturated rings. The zero-order valence-corrected chi connectivity index (χ0v) is 11.3. The molecule has 0 atom stereocenters. The molecule has 0 N–H and O–H groups in total. The fraction of sp³-hybridized carbons (Fsp3) is 0.235. The van der Waals surface area contributed by atoms with Crippen molar-refractivity contribution in [3.05, 3.63) is 52.7 Å². The van der Waals surface area contributed by atoms with Crippen LogP contribution < -0.4 is 0 Å². The molecule has 18 heavy (non-hydrogen) atoms. The molecule has 0 saturated heterocycles. The van der Waals surface area contributed by atoms with Crippen molar-refractivity contribution in [2.75, 3.05) is 0 Å². The second kappa shape index (κ2) is 3.81. The molecule has 2 aromatic carbocycles. The van der Waals surface area contributed by atoms with Gasteiger partial charge in [-0.15, -0.1) is 0 Å². The van der Waals surface area contributed by atoms with Gasteiger partial charge < -0.3 is 0 Å². The average Bonchev–Trinajstić information content (AvgIpc) is 2.35. The van der Waals surface area contributed by atoms with E-state index in [9.17, 15) is 0 Å². The third-order valence-corrected chi connectivity index (χ3v) is 3.98. The standard InChI is InChI=1S/C17H17N/c1-10-9-14-7-5-6-8-15(14)17-16(10)12(3)11(2)13(4)18-17/h5-9H,1-4H3. The van der Waals surface area contributed by atoms with Gasteiger partial charge in [0.1, 0.15) is 0 Å². The molecule has 90 valence electrons. The third kappa shape index (κ3) is 1.43. The molecule has 1 heterocycles. The van der Waals surface area contributed by atoms with Crippen LogP contribution >= 0.6 is 0 Å². The maximum absolute atomic E-state index is 4.82. The van der Waals surface area contributed by atoms with E-state index in [4.69, 9.17) is 4.98 Å². The minimum absolute atomic E-state index is 1.13. The minimum Gasteiger partial charge on any atom is -0.252 e. The monoisotopic (exact) mass is 235 g/mol. The smallest absolute Gasteiger partial charge is 0.0789 e. The van der Waals surface area contributed by atoms with Crippen molar-refractivity contribution in [2.45, 2.75) is 27.7 Å². The van der Waals surface area contributed by atoms with Crippen molar-refractivity contribution in [3.8, 4) is 0 Å². The number of pyridine rings is 1. The molecule has 0 bridgehead atoms. The second-order valence-corrected chi connectivity index (χ2v) is 5.09. The molecule has 0 saturated carbocycles. The molecule has 0 unspecified atom stereocenters. The molecule has 0 radical (unpaired) electrons. The number of hydrogen-bond acceptors (Lipinski definition) is 1. The maximum Gasteiger partial charge on any atom is 0.0789 e. The summed E-state index contributed by atoms with van der Waals surface area (Å²) in [6, 6.07) is 10.8. The summed E-state index contributed by atoms with van der Waals surface area (Å²) in [5.74, 6) is 0. The van der Waals surface area contributed by atoms with E-state index in [-0.39, 0.29) is 0 Å². The SMILES string of the molecule is Cc1nc2c(c(C)cc3ccccc32)c(C)c1C. The molecule has 0 spiro atoms. The fourth-order valence-corrected chi connectivity index (χ4v) is 2.77. The van der Waals surface area contributed by atoms with Crippen molar-refractivity contribution >= 4 is 21.7 Å². The number of benzene rings is 2. The van der Waals surface area contributed by atoms with Gasteiger partial charge in [0.05, 0.1) is 5.52 Å². The third-order valence-electron chi connectivity index (χ3n) is 3.98. The molecule has 0 amide bonds. The second-order valence-electron chi connectivity index (χ2n) is 5.09. The quantitative estimate of drug-likeness (QED) is 0.518. The Hall–Kier alpha value is -1.89. The largest absolute Gasteiger partial charge is 0.252 e. The molecule has 1 nitrogen and oxygen atoms in total. The van der Waals surface area contributed by atoms with Crippen LogP contribution in [0.5, 0.6) is 0 Å². The molecule has 3 rings (SSSR count). The molecule has 1 heteroatoms. The van der Waals surface area contributed by atoms with Gasteiger partial charge in [-0.1, -0.05) is 30.3 Å². The van der Waals surface area contributed by atoms with Crippen molar-refractivity contribution in [2.24, 2.45) is 0 Å². The first-order valence-corrected chi connectivity index (χ1v) is 6.35. The van der Waals surface area contributed by atoms with E-state index in [1.165, 1.54) is 32.8 Å². The van der Waals surface area contributed by atoms with E-state index in [2.05, 4.69) is 58.0 Å². The average molecular weight is 235 g/mol. The van der Waals surface area contributed by atoms with Gasteiger partial charge in [-0.05, 0) is 49.8 Å². The van der Waals surface area contributed by atoms with Gasteiger partial charge in [0.15, 0.2) is 0 Å². The fourth-order valence-electron chi connectivity index (χ4n) is 2.77. The van der Waals surface area contributed by atoms with Crippen LogP contribution in [0, 0.1) is 27.7 Å². The van der Waals surface area contributed by atoms with Crippen LogP contribution in [0.25, 0.3) is 21.7 Å². The van der Waals surface area contributed by atoms with Gasteiger partial charge in [0.2, 0.25) is 0 Å². The van der Waals surface area contributed by atoms with Crippen LogP contribution in [0.3, 0.4) is 0 Å². The first-order valence-electron chi connectivity index (χ1n) is 6.35. The lowest BCUT2D eigenvalue weighted by Crippen LogP contribution is -1.96. The molecule has 1 aromatic heterocycles. The van der Waals surface area contributed by atoms with Gasteiger partial charge in [-0.25, -0.2) is 0 Å². The van der Waals surface area contributed by atoms with E-state index < -0.39 is 0 Å². The highest BCUT2D eigenvalue weighted by Gasteiger charge is 2.10. The van der Waals surface area contributed by atoms with Crippen LogP contribution in [0.15, 0.2) is 30.3 Å². The van der Waals surface area contributed by atoms with E-state index in [1.54, 1.807) is 0 Å². The van der Waals surface area contributed by atoms with Crippen molar-refractivity contribution in [3.63, 3.8) is 0 Å². The van der Waals surface area contributed by atoms with Crippen LogP contribution in [0.4, 0.5) is 0 Å². The van der Waals surface area contributed by atoms with E-state index in [0.717, 1.165) is 11.2 Å². The minimum atomic E-state index is 1.13. The Morgan fingerprint density at radius 3 is 2.39 bits per heavy atom. The summed E-state index contributed by atoms with van der Waals surface area (Å²) >= 11 is 0. The number of nitrogens with zero attached hydrogens (tertiary/aromatic N) is 1. The Kier molecular flexibility index (Phi) is 2.37. The molecule has 3 aromatic rings.